The molecule has 102 valence electrons. The molecular formula is C14H19N3S2. The van der Waals surface area contributed by atoms with Gasteiger partial charge in [-0.25, -0.2) is 4.98 Å². The summed E-state index contributed by atoms with van der Waals surface area (Å²) in [6.07, 6.45) is 3.76. The molecule has 1 aliphatic carbocycles. The number of likely N-dealkylation sites (N-methyl/N-ethyl adjacent to an activating group) is 1. The number of nitrogens with one attached hydrogen (secondary N) is 1. The van der Waals surface area contributed by atoms with Gasteiger partial charge in [0.15, 0.2) is 5.13 Å². The highest BCUT2D eigenvalue weighted by atomic mass is 32.1. The first-order valence-corrected chi connectivity index (χ1v) is 8.48. The maximum atomic E-state index is 4.70. The van der Waals surface area contributed by atoms with E-state index in [4.69, 9.17) is 4.98 Å². The second-order valence-electron chi connectivity index (χ2n) is 5.03. The molecule has 5 heteroatoms. The van der Waals surface area contributed by atoms with Crippen molar-refractivity contribution in [2.75, 3.05) is 18.5 Å². The fourth-order valence-electron chi connectivity index (χ4n) is 1.92. The van der Waals surface area contributed by atoms with Gasteiger partial charge in [0.05, 0.1) is 5.69 Å². The SMILES string of the molecule is CN(CCc1cccs1)c1nc(CNC2CC2)cs1. The summed E-state index contributed by atoms with van der Waals surface area (Å²) in [5.41, 5.74) is 1.18. The van der Waals surface area contributed by atoms with Crippen molar-refractivity contribution in [3.63, 3.8) is 0 Å². The fourth-order valence-corrected chi connectivity index (χ4v) is 3.43. The summed E-state index contributed by atoms with van der Waals surface area (Å²) >= 11 is 3.58. The van der Waals surface area contributed by atoms with Crippen molar-refractivity contribution in [3.8, 4) is 0 Å². The maximum absolute atomic E-state index is 4.70. The molecule has 1 aliphatic rings. The molecule has 2 heterocycles. The Morgan fingerprint density at radius 1 is 1.42 bits per heavy atom. The average molecular weight is 293 g/mol. The maximum Gasteiger partial charge on any atom is 0.185 e. The second-order valence-corrected chi connectivity index (χ2v) is 6.90. The first kappa shape index (κ1) is 13.1. The molecule has 19 heavy (non-hydrogen) atoms. The number of thiazole rings is 1. The molecule has 3 nitrogen and oxygen atoms in total. The van der Waals surface area contributed by atoms with Crippen LogP contribution in [-0.4, -0.2) is 24.6 Å². The number of nitrogens with zero attached hydrogens (tertiary/aromatic N) is 2. The molecular weight excluding hydrogens is 274 g/mol. The number of anilines is 1. The lowest BCUT2D eigenvalue weighted by Crippen LogP contribution is -2.20. The molecule has 1 fully saturated rings. The van der Waals surface area contributed by atoms with E-state index in [1.807, 2.05) is 11.3 Å². The van der Waals surface area contributed by atoms with Crippen LogP contribution in [0.15, 0.2) is 22.9 Å². The van der Waals surface area contributed by atoms with Crippen LogP contribution in [0.3, 0.4) is 0 Å². The zero-order chi connectivity index (χ0) is 13.1. The number of rotatable bonds is 7. The molecule has 0 atom stereocenters. The lowest BCUT2D eigenvalue weighted by Gasteiger charge is -2.14. The van der Waals surface area contributed by atoms with Crippen LogP contribution in [0.25, 0.3) is 0 Å². The van der Waals surface area contributed by atoms with Gasteiger partial charge in [-0.1, -0.05) is 6.07 Å². The summed E-state index contributed by atoms with van der Waals surface area (Å²) in [4.78, 5) is 8.39. The third-order valence-electron chi connectivity index (χ3n) is 3.29. The van der Waals surface area contributed by atoms with E-state index in [0.29, 0.717) is 0 Å². The predicted molar refractivity (Wildman–Crippen MR) is 83.3 cm³/mol. The third kappa shape index (κ3) is 3.78. The van der Waals surface area contributed by atoms with Gasteiger partial charge in [-0.15, -0.1) is 22.7 Å². The van der Waals surface area contributed by atoms with Crippen LogP contribution in [0.1, 0.15) is 23.4 Å². The Labute approximate surface area is 122 Å². The van der Waals surface area contributed by atoms with Gasteiger partial charge in [0, 0.05) is 36.4 Å². The van der Waals surface area contributed by atoms with Crippen molar-refractivity contribution in [3.05, 3.63) is 33.5 Å². The van der Waals surface area contributed by atoms with E-state index in [1.165, 1.54) is 23.4 Å². The van der Waals surface area contributed by atoms with Gasteiger partial charge in [-0.2, -0.15) is 0 Å². The van der Waals surface area contributed by atoms with Crippen LogP contribution in [0.4, 0.5) is 5.13 Å². The van der Waals surface area contributed by atoms with Gasteiger partial charge in [0.1, 0.15) is 0 Å². The van der Waals surface area contributed by atoms with Gasteiger partial charge in [0.2, 0.25) is 0 Å². The van der Waals surface area contributed by atoms with Crippen LogP contribution in [-0.2, 0) is 13.0 Å². The van der Waals surface area contributed by atoms with Crippen molar-refractivity contribution in [2.24, 2.45) is 0 Å². The van der Waals surface area contributed by atoms with Gasteiger partial charge < -0.3 is 10.2 Å². The highest BCUT2D eigenvalue weighted by molar-refractivity contribution is 7.13. The summed E-state index contributed by atoms with van der Waals surface area (Å²) in [6, 6.07) is 5.07. The van der Waals surface area contributed by atoms with Gasteiger partial charge in [-0.05, 0) is 30.7 Å². The van der Waals surface area contributed by atoms with E-state index in [-0.39, 0.29) is 0 Å². The Balaban J connectivity index is 1.49. The topological polar surface area (TPSA) is 28.2 Å². The van der Waals surface area contributed by atoms with Crippen molar-refractivity contribution in [2.45, 2.75) is 31.8 Å². The zero-order valence-electron chi connectivity index (χ0n) is 11.1. The molecule has 0 amide bonds. The normalized spacial score (nSPS) is 14.8. The molecule has 3 rings (SSSR count). The summed E-state index contributed by atoms with van der Waals surface area (Å²) in [7, 11) is 2.13. The standard InChI is InChI=1S/C14H19N3S2/c1-17(7-6-13-3-2-8-18-13)14-16-12(10-19-14)9-15-11-4-5-11/h2-3,8,10-11,15H,4-7,9H2,1H3. The van der Waals surface area contributed by atoms with E-state index in [1.54, 1.807) is 11.3 Å². The van der Waals surface area contributed by atoms with Gasteiger partial charge in [0.25, 0.3) is 0 Å². The average Bonchev–Trinajstić information content (AvgIpc) is 2.94. The molecule has 1 N–H and O–H groups in total. The van der Waals surface area contributed by atoms with E-state index in [2.05, 4.69) is 40.2 Å². The van der Waals surface area contributed by atoms with E-state index < -0.39 is 0 Å². The first-order valence-electron chi connectivity index (χ1n) is 6.72. The molecule has 0 aromatic carbocycles. The zero-order valence-corrected chi connectivity index (χ0v) is 12.8. The lowest BCUT2D eigenvalue weighted by atomic mass is 10.3. The molecule has 1 saturated carbocycles. The Kier molecular flexibility index (Phi) is 4.15. The summed E-state index contributed by atoms with van der Waals surface area (Å²) in [5, 5.41) is 8.95. The van der Waals surface area contributed by atoms with Crippen LogP contribution in [0, 0.1) is 0 Å². The van der Waals surface area contributed by atoms with Crippen LogP contribution < -0.4 is 10.2 Å². The summed E-state index contributed by atoms with van der Waals surface area (Å²) in [5.74, 6) is 0. The number of thiophene rings is 1. The number of hydrogen-bond donors (Lipinski definition) is 1. The Morgan fingerprint density at radius 2 is 2.32 bits per heavy atom. The van der Waals surface area contributed by atoms with E-state index >= 15 is 0 Å². The second kappa shape index (κ2) is 6.03. The minimum atomic E-state index is 0.752. The van der Waals surface area contributed by atoms with Crippen molar-refractivity contribution in [1.29, 1.82) is 0 Å². The molecule has 2 aromatic rings. The first-order chi connectivity index (χ1) is 9.31. The summed E-state index contributed by atoms with van der Waals surface area (Å²) in [6.45, 7) is 1.95. The predicted octanol–water partition coefficient (Wildman–Crippen LogP) is 3.14. The molecule has 0 radical (unpaired) electrons. The van der Waals surface area contributed by atoms with E-state index in [9.17, 15) is 0 Å². The van der Waals surface area contributed by atoms with Crippen LogP contribution >= 0.6 is 22.7 Å². The van der Waals surface area contributed by atoms with Gasteiger partial charge >= 0.3 is 0 Å². The number of aromatic nitrogens is 1. The van der Waals surface area contributed by atoms with Crippen molar-refractivity contribution >= 4 is 27.8 Å². The largest absolute Gasteiger partial charge is 0.351 e. The molecule has 2 aromatic heterocycles. The summed E-state index contributed by atoms with van der Waals surface area (Å²) < 4.78 is 0. The monoisotopic (exact) mass is 293 g/mol. The van der Waals surface area contributed by atoms with Crippen molar-refractivity contribution < 1.29 is 0 Å². The molecule has 0 bridgehead atoms. The smallest absolute Gasteiger partial charge is 0.185 e. The molecule has 0 saturated heterocycles. The molecule has 0 unspecified atom stereocenters. The van der Waals surface area contributed by atoms with Gasteiger partial charge in [-0.3, -0.25) is 0 Å². The molecule has 0 spiro atoms. The minimum absolute atomic E-state index is 0.752. The Morgan fingerprint density at radius 3 is 3.05 bits per heavy atom. The van der Waals surface area contributed by atoms with Crippen LogP contribution in [0.2, 0.25) is 0 Å². The fraction of sp³-hybridized carbons (Fsp3) is 0.500. The Hall–Kier alpha value is -0.910. The molecule has 0 aliphatic heterocycles. The lowest BCUT2D eigenvalue weighted by molar-refractivity contribution is 0.676. The Bertz CT molecular complexity index is 503. The van der Waals surface area contributed by atoms with Crippen molar-refractivity contribution in [1.82, 2.24) is 10.3 Å². The quantitative estimate of drug-likeness (QED) is 0.850. The highest BCUT2D eigenvalue weighted by Gasteiger charge is 2.20. The highest BCUT2D eigenvalue weighted by Crippen LogP contribution is 2.22. The number of hydrogen-bond acceptors (Lipinski definition) is 5. The van der Waals surface area contributed by atoms with E-state index in [0.717, 1.165) is 30.7 Å². The third-order valence-corrected chi connectivity index (χ3v) is 5.23. The minimum Gasteiger partial charge on any atom is -0.351 e. The van der Waals surface area contributed by atoms with Crippen LogP contribution in [0.5, 0.6) is 0 Å².